The van der Waals surface area contributed by atoms with Crippen LogP contribution in [-0.4, -0.2) is 14.1 Å². The zero-order valence-corrected chi connectivity index (χ0v) is 28.5. The Morgan fingerprint density at radius 3 is 1.24 bits per heavy atom. The monoisotopic (exact) mass is 642 g/mol. The first-order valence-electron chi connectivity index (χ1n) is 17.0. The second-order valence-electron chi connectivity index (χ2n) is 13.5. The fourth-order valence-corrected chi connectivity index (χ4v) is 7.61. The predicted octanol–water partition coefficient (Wildman–Crippen LogP) is 11.7. The summed E-state index contributed by atoms with van der Waals surface area (Å²) < 4.78 is 4.55. The zero-order chi connectivity index (χ0) is 34.1. The molecule has 0 N–H and O–H groups in total. The highest BCUT2D eigenvalue weighted by Gasteiger charge is 2.23. The number of fused-ring (bicyclic) bond motifs is 6. The lowest BCUT2D eigenvalue weighted by molar-refractivity contribution is 1.11. The molecule has 238 valence electrons. The molecule has 3 aromatic heterocycles. The summed E-state index contributed by atoms with van der Waals surface area (Å²) in [6.07, 6.45) is 0. The maximum absolute atomic E-state index is 11.2. The van der Waals surface area contributed by atoms with E-state index in [4.69, 9.17) is 4.98 Å². The van der Waals surface area contributed by atoms with Gasteiger partial charge in [-0.15, -0.1) is 0 Å². The van der Waals surface area contributed by atoms with Gasteiger partial charge >= 0.3 is 0 Å². The zero-order valence-electron chi connectivity index (χ0n) is 28.5. The smallest absolute Gasteiger partial charge is 0.104 e. The summed E-state index contributed by atoms with van der Waals surface area (Å²) in [4.78, 5) is 5.21. The van der Waals surface area contributed by atoms with Crippen molar-refractivity contribution in [1.82, 2.24) is 14.1 Å². The molecule has 0 unspecified atom stereocenters. The van der Waals surface area contributed by atoms with Gasteiger partial charge in [-0.3, -0.25) is 0 Å². The quantitative estimate of drug-likeness (QED) is 0.192. The molecule has 0 bridgehead atoms. The van der Waals surface area contributed by atoms with E-state index in [0.717, 1.165) is 56.0 Å². The molecule has 0 aliphatic carbocycles. The Bertz CT molecular complexity index is 2600. The number of nitrogens with zero attached hydrogens (tertiary/aromatic N) is 4. The van der Waals surface area contributed by atoms with E-state index in [-0.39, 0.29) is 0 Å². The standard InChI is InChI=1S/C46H34N4/c1-28-13-17-41-34(21-28)35-22-29(2)14-18-42(35)49(41)45-25-33(40-12-8-11-39(48-40)32-9-6-5-7-10-32)26-46(38(45)27-47)50-43-19-15-30(3)23-36(43)37-24-31(4)16-20-44(37)50/h5-26H,1-4H3. The van der Waals surface area contributed by atoms with Crippen molar-refractivity contribution < 1.29 is 0 Å². The van der Waals surface area contributed by atoms with Crippen LogP contribution in [0.4, 0.5) is 0 Å². The molecular weight excluding hydrogens is 609 g/mol. The number of aromatic nitrogens is 3. The molecule has 0 aliphatic heterocycles. The van der Waals surface area contributed by atoms with Gasteiger partial charge in [-0.2, -0.15) is 5.26 Å². The summed E-state index contributed by atoms with van der Waals surface area (Å²) in [5.74, 6) is 0. The maximum Gasteiger partial charge on any atom is 0.104 e. The van der Waals surface area contributed by atoms with Crippen molar-refractivity contribution in [3.63, 3.8) is 0 Å². The third kappa shape index (κ3) is 4.63. The normalized spacial score (nSPS) is 11.6. The number of hydrogen-bond acceptors (Lipinski definition) is 2. The lowest BCUT2D eigenvalue weighted by Gasteiger charge is -2.18. The maximum atomic E-state index is 11.2. The molecule has 0 radical (unpaired) electrons. The lowest BCUT2D eigenvalue weighted by atomic mass is 10.0. The van der Waals surface area contributed by atoms with Crippen molar-refractivity contribution >= 4 is 43.6 Å². The summed E-state index contributed by atoms with van der Waals surface area (Å²) in [6.45, 7) is 8.54. The van der Waals surface area contributed by atoms with Crippen LogP contribution in [0.2, 0.25) is 0 Å². The van der Waals surface area contributed by atoms with E-state index in [1.54, 1.807) is 0 Å². The third-order valence-electron chi connectivity index (χ3n) is 9.96. The van der Waals surface area contributed by atoms with Gasteiger partial charge in [-0.05, 0) is 100 Å². The minimum atomic E-state index is 0.605. The Morgan fingerprint density at radius 1 is 0.440 bits per heavy atom. The van der Waals surface area contributed by atoms with Crippen molar-refractivity contribution in [2.24, 2.45) is 0 Å². The van der Waals surface area contributed by atoms with Crippen molar-refractivity contribution in [3.8, 4) is 40.0 Å². The summed E-state index contributed by atoms with van der Waals surface area (Å²) in [5.41, 5.74) is 15.1. The number of hydrogen-bond donors (Lipinski definition) is 0. The molecule has 3 heterocycles. The third-order valence-corrected chi connectivity index (χ3v) is 9.96. The highest BCUT2D eigenvalue weighted by atomic mass is 15.0. The topological polar surface area (TPSA) is 46.5 Å². The molecular formula is C46H34N4. The van der Waals surface area contributed by atoms with Gasteiger partial charge in [0.1, 0.15) is 11.6 Å². The highest BCUT2D eigenvalue weighted by Crippen LogP contribution is 2.41. The van der Waals surface area contributed by atoms with Crippen molar-refractivity contribution in [1.29, 1.82) is 5.26 Å². The molecule has 0 aliphatic rings. The first kappa shape index (κ1) is 29.7. The van der Waals surface area contributed by atoms with Crippen LogP contribution in [0.15, 0.2) is 133 Å². The summed E-state index contributed by atoms with van der Waals surface area (Å²) in [7, 11) is 0. The van der Waals surface area contributed by atoms with Gasteiger partial charge in [0.2, 0.25) is 0 Å². The molecule has 6 aromatic carbocycles. The minimum Gasteiger partial charge on any atom is -0.308 e. The minimum absolute atomic E-state index is 0.605. The van der Waals surface area contributed by atoms with E-state index >= 15 is 0 Å². The summed E-state index contributed by atoms with van der Waals surface area (Å²) in [5, 5.41) is 15.9. The van der Waals surface area contributed by atoms with Crippen LogP contribution < -0.4 is 0 Å². The van der Waals surface area contributed by atoms with Crippen LogP contribution in [0.5, 0.6) is 0 Å². The van der Waals surface area contributed by atoms with Gasteiger partial charge in [0.25, 0.3) is 0 Å². The molecule has 0 atom stereocenters. The second-order valence-corrected chi connectivity index (χ2v) is 13.5. The molecule has 4 heteroatoms. The van der Waals surface area contributed by atoms with Crippen molar-refractivity contribution in [2.75, 3.05) is 0 Å². The average Bonchev–Trinajstić information content (AvgIpc) is 3.62. The van der Waals surface area contributed by atoms with Crippen molar-refractivity contribution in [2.45, 2.75) is 27.7 Å². The average molecular weight is 643 g/mol. The van der Waals surface area contributed by atoms with Crippen LogP contribution in [0, 0.1) is 39.0 Å². The molecule has 4 nitrogen and oxygen atoms in total. The number of nitriles is 1. The Morgan fingerprint density at radius 2 is 0.840 bits per heavy atom. The fourth-order valence-electron chi connectivity index (χ4n) is 7.61. The van der Waals surface area contributed by atoms with Gasteiger partial charge in [0.05, 0.1) is 44.8 Å². The lowest BCUT2D eigenvalue weighted by Crippen LogP contribution is -2.05. The summed E-state index contributed by atoms with van der Waals surface area (Å²) in [6, 6.07) is 49.9. The van der Waals surface area contributed by atoms with Crippen LogP contribution in [0.25, 0.3) is 77.5 Å². The number of benzene rings is 6. The first-order chi connectivity index (χ1) is 24.4. The van der Waals surface area contributed by atoms with Gasteiger partial charge in [-0.25, -0.2) is 4.98 Å². The van der Waals surface area contributed by atoms with Crippen molar-refractivity contribution in [3.05, 3.63) is 161 Å². The molecule has 9 rings (SSSR count). The SMILES string of the molecule is Cc1ccc2c(c1)c1cc(C)ccc1n2-c1cc(-c2cccc(-c3ccccc3)n2)cc(-n2c3ccc(C)cc3c3cc(C)ccc32)c1C#N. The van der Waals surface area contributed by atoms with E-state index in [1.165, 1.54) is 43.8 Å². The van der Waals surface area contributed by atoms with Crippen LogP contribution in [-0.2, 0) is 0 Å². The Kier molecular flexibility index (Phi) is 6.72. The largest absolute Gasteiger partial charge is 0.308 e. The predicted molar refractivity (Wildman–Crippen MR) is 207 cm³/mol. The van der Waals surface area contributed by atoms with Gasteiger partial charge in [0.15, 0.2) is 0 Å². The molecule has 0 spiro atoms. The molecule has 0 fully saturated rings. The summed E-state index contributed by atoms with van der Waals surface area (Å²) >= 11 is 0. The van der Waals surface area contributed by atoms with E-state index in [1.807, 2.05) is 18.2 Å². The number of rotatable bonds is 4. The van der Waals surface area contributed by atoms with E-state index in [2.05, 4.69) is 158 Å². The Balaban J connectivity index is 1.44. The molecule has 0 amide bonds. The van der Waals surface area contributed by atoms with Gasteiger partial charge in [-0.1, -0.05) is 82.9 Å². The number of pyridine rings is 1. The second kappa shape index (κ2) is 11.3. The molecule has 50 heavy (non-hydrogen) atoms. The van der Waals surface area contributed by atoms with Crippen LogP contribution in [0.1, 0.15) is 27.8 Å². The highest BCUT2D eigenvalue weighted by molar-refractivity contribution is 6.11. The van der Waals surface area contributed by atoms with Crippen LogP contribution in [0.3, 0.4) is 0 Å². The van der Waals surface area contributed by atoms with Gasteiger partial charge < -0.3 is 9.13 Å². The van der Waals surface area contributed by atoms with E-state index in [0.29, 0.717) is 5.56 Å². The molecule has 9 aromatic rings. The van der Waals surface area contributed by atoms with Crippen LogP contribution >= 0.6 is 0 Å². The fraction of sp³-hybridized carbons (Fsp3) is 0.0870. The Hall–Kier alpha value is -6.44. The van der Waals surface area contributed by atoms with E-state index in [9.17, 15) is 5.26 Å². The Labute approximate surface area is 291 Å². The van der Waals surface area contributed by atoms with E-state index < -0.39 is 0 Å². The first-order valence-corrected chi connectivity index (χ1v) is 17.0. The number of aryl methyl sites for hydroxylation is 4. The van der Waals surface area contributed by atoms with Gasteiger partial charge in [0, 0.05) is 32.7 Å². The molecule has 0 saturated heterocycles. The molecule has 0 saturated carbocycles.